The van der Waals surface area contributed by atoms with E-state index in [1.54, 1.807) is 18.2 Å². The highest BCUT2D eigenvalue weighted by Crippen LogP contribution is 2.29. The van der Waals surface area contributed by atoms with Crippen LogP contribution in [-0.4, -0.2) is 30.1 Å². The largest absolute Gasteiger partial charge is 0.497 e. The molecule has 1 amide bonds. The molecule has 3 aromatic rings. The van der Waals surface area contributed by atoms with Gasteiger partial charge in [-0.3, -0.25) is 4.79 Å². The third-order valence-electron chi connectivity index (χ3n) is 3.72. The van der Waals surface area contributed by atoms with Crippen LogP contribution >= 0.6 is 0 Å². The number of anilines is 3. The van der Waals surface area contributed by atoms with Gasteiger partial charge in [-0.25, -0.2) is 18.7 Å². The fourth-order valence-electron chi connectivity index (χ4n) is 2.34. The van der Waals surface area contributed by atoms with Gasteiger partial charge in [0.25, 0.3) is 5.91 Å². The number of carbonyl (C=O) groups is 1. The van der Waals surface area contributed by atoms with Crippen molar-refractivity contribution in [1.29, 1.82) is 0 Å². The van der Waals surface area contributed by atoms with Crippen molar-refractivity contribution in [2.45, 2.75) is 0 Å². The Kier molecular flexibility index (Phi) is 5.64. The quantitative estimate of drug-likeness (QED) is 0.671. The second-order valence-electron chi connectivity index (χ2n) is 5.53. The number of nitrogens with one attached hydrogen (secondary N) is 2. The van der Waals surface area contributed by atoms with Crippen molar-refractivity contribution in [2.75, 3.05) is 24.9 Å². The molecule has 0 saturated heterocycles. The summed E-state index contributed by atoms with van der Waals surface area (Å²) < 4.78 is 37.1. The molecule has 0 spiro atoms. The van der Waals surface area contributed by atoms with Crippen LogP contribution in [0.1, 0.15) is 10.5 Å². The van der Waals surface area contributed by atoms with Crippen molar-refractivity contribution in [3.05, 3.63) is 66.0 Å². The van der Waals surface area contributed by atoms with Crippen LogP contribution < -0.4 is 20.1 Å². The van der Waals surface area contributed by atoms with E-state index in [1.165, 1.54) is 32.5 Å². The number of amides is 1. The van der Waals surface area contributed by atoms with Crippen molar-refractivity contribution in [3.63, 3.8) is 0 Å². The lowest BCUT2D eigenvalue weighted by Crippen LogP contribution is -2.15. The highest BCUT2D eigenvalue weighted by molar-refractivity contribution is 6.03. The molecular weight excluding hydrogens is 370 g/mol. The van der Waals surface area contributed by atoms with Gasteiger partial charge in [0.1, 0.15) is 28.8 Å². The Balaban J connectivity index is 1.79. The summed E-state index contributed by atoms with van der Waals surface area (Å²) in [5.74, 6) is -1.06. The molecule has 7 nitrogen and oxygen atoms in total. The van der Waals surface area contributed by atoms with Gasteiger partial charge in [-0.1, -0.05) is 0 Å². The van der Waals surface area contributed by atoms with E-state index < -0.39 is 17.5 Å². The van der Waals surface area contributed by atoms with Gasteiger partial charge in [0.05, 0.1) is 25.6 Å². The summed E-state index contributed by atoms with van der Waals surface area (Å²) in [5.41, 5.74) is 0.444. The summed E-state index contributed by atoms with van der Waals surface area (Å²) in [6, 6.07) is 9.36. The minimum Gasteiger partial charge on any atom is -0.497 e. The summed E-state index contributed by atoms with van der Waals surface area (Å²) in [7, 11) is 2.99. The topological polar surface area (TPSA) is 85.4 Å². The van der Waals surface area contributed by atoms with Gasteiger partial charge >= 0.3 is 0 Å². The van der Waals surface area contributed by atoms with Crippen molar-refractivity contribution < 1.29 is 23.0 Å². The molecular formula is C19H16F2N4O3. The molecule has 0 atom stereocenters. The van der Waals surface area contributed by atoms with E-state index in [-0.39, 0.29) is 17.3 Å². The molecule has 0 unspecified atom stereocenters. The van der Waals surface area contributed by atoms with E-state index in [4.69, 9.17) is 9.47 Å². The molecule has 0 saturated carbocycles. The van der Waals surface area contributed by atoms with E-state index in [9.17, 15) is 13.6 Å². The second kappa shape index (κ2) is 8.30. The van der Waals surface area contributed by atoms with Crippen LogP contribution in [0.4, 0.5) is 26.1 Å². The smallest absolute Gasteiger partial charge is 0.274 e. The second-order valence-corrected chi connectivity index (χ2v) is 5.53. The Bertz CT molecular complexity index is 1010. The number of hydrogen-bond acceptors (Lipinski definition) is 6. The molecule has 2 aromatic carbocycles. The van der Waals surface area contributed by atoms with Gasteiger partial charge in [0.2, 0.25) is 5.95 Å². The molecule has 1 aromatic heterocycles. The fraction of sp³-hybridized carbons (Fsp3) is 0.105. The molecule has 0 radical (unpaired) electrons. The lowest BCUT2D eigenvalue weighted by Gasteiger charge is -2.12. The first-order chi connectivity index (χ1) is 13.5. The Morgan fingerprint density at radius 2 is 1.79 bits per heavy atom. The molecule has 0 bridgehead atoms. The maximum Gasteiger partial charge on any atom is 0.274 e. The Morgan fingerprint density at radius 3 is 2.50 bits per heavy atom. The molecule has 0 aliphatic rings. The molecule has 0 aliphatic carbocycles. The molecule has 2 N–H and O–H groups in total. The van der Waals surface area contributed by atoms with Gasteiger partial charge in [-0.05, 0) is 30.3 Å². The predicted octanol–water partition coefficient (Wildman–Crippen LogP) is 3.77. The summed E-state index contributed by atoms with van der Waals surface area (Å²) in [6.07, 6.45) is 1.34. The van der Waals surface area contributed by atoms with Gasteiger partial charge in [-0.15, -0.1) is 0 Å². The lowest BCUT2D eigenvalue weighted by molar-refractivity contribution is 0.102. The van der Waals surface area contributed by atoms with Crippen LogP contribution in [0.3, 0.4) is 0 Å². The maximum absolute atomic E-state index is 13.8. The molecule has 28 heavy (non-hydrogen) atoms. The number of benzene rings is 2. The molecule has 0 aliphatic heterocycles. The summed E-state index contributed by atoms with van der Waals surface area (Å²) >= 11 is 0. The normalized spacial score (nSPS) is 10.3. The van der Waals surface area contributed by atoms with E-state index >= 15 is 0 Å². The van der Waals surface area contributed by atoms with Crippen molar-refractivity contribution in [3.8, 4) is 11.5 Å². The summed E-state index contributed by atoms with van der Waals surface area (Å²) in [5, 5.41) is 5.29. The van der Waals surface area contributed by atoms with Gasteiger partial charge in [-0.2, -0.15) is 0 Å². The van der Waals surface area contributed by atoms with Crippen LogP contribution in [0.15, 0.2) is 48.7 Å². The summed E-state index contributed by atoms with van der Waals surface area (Å²) in [4.78, 5) is 20.5. The predicted molar refractivity (Wildman–Crippen MR) is 99.2 cm³/mol. The first-order valence-corrected chi connectivity index (χ1v) is 8.08. The van der Waals surface area contributed by atoms with Crippen LogP contribution in [0.25, 0.3) is 0 Å². The van der Waals surface area contributed by atoms with Crippen molar-refractivity contribution in [2.24, 2.45) is 0 Å². The highest BCUT2D eigenvalue weighted by atomic mass is 19.1. The van der Waals surface area contributed by atoms with Crippen LogP contribution in [0.5, 0.6) is 11.5 Å². The summed E-state index contributed by atoms with van der Waals surface area (Å²) in [6.45, 7) is 0. The minimum atomic E-state index is -0.804. The van der Waals surface area contributed by atoms with Gasteiger partial charge in [0, 0.05) is 18.3 Å². The molecule has 0 fully saturated rings. The third-order valence-corrected chi connectivity index (χ3v) is 3.72. The average Bonchev–Trinajstić information content (AvgIpc) is 2.70. The fourth-order valence-corrected chi connectivity index (χ4v) is 2.34. The zero-order valence-electron chi connectivity index (χ0n) is 15.0. The highest BCUT2D eigenvalue weighted by Gasteiger charge is 2.14. The Hall–Kier alpha value is -3.75. The number of carbonyl (C=O) groups excluding carboxylic acids is 1. The first kappa shape index (κ1) is 19.0. The van der Waals surface area contributed by atoms with Crippen LogP contribution in [0, 0.1) is 11.6 Å². The standard InChI is InChI=1S/C19H16F2N4O3/c1-27-12-4-6-15(17(10-12)28-2)23-18(26)16-7-8-22-19(25-16)24-14-5-3-11(20)9-13(14)21/h3-10H,1-2H3,(H,23,26)(H,22,24,25). The molecule has 1 heterocycles. The number of aromatic nitrogens is 2. The number of rotatable bonds is 6. The zero-order valence-corrected chi connectivity index (χ0v) is 15.0. The zero-order chi connectivity index (χ0) is 20.1. The van der Waals surface area contributed by atoms with E-state index in [0.717, 1.165) is 12.1 Å². The lowest BCUT2D eigenvalue weighted by atomic mass is 10.2. The number of methoxy groups -OCH3 is 2. The third kappa shape index (κ3) is 4.32. The first-order valence-electron chi connectivity index (χ1n) is 8.08. The van der Waals surface area contributed by atoms with E-state index in [2.05, 4.69) is 20.6 Å². The van der Waals surface area contributed by atoms with Crippen LogP contribution in [-0.2, 0) is 0 Å². The average molecular weight is 386 g/mol. The number of hydrogen-bond donors (Lipinski definition) is 2. The maximum atomic E-state index is 13.8. The van der Waals surface area contributed by atoms with Gasteiger partial charge < -0.3 is 20.1 Å². The van der Waals surface area contributed by atoms with Gasteiger partial charge in [0.15, 0.2) is 0 Å². The Morgan fingerprint density at radius 1 is 1.00 bits per heavy atom. The molecule has 144 valence electrons. The molecule has 3 rings (SSSR count). The van der Waals surface area contributed by atoms with E-state index in [0.29, 0.717) is 17.2 Å². The van der Waals surface area contributed by atoms with Crippen molar-refractivity contribution >= 4 is 23.2 Å². The number of halogens is 2. The van der Waals surface area contributed by atoms with E-state index in [1.807, 2.05) is 0 Å². The monoisotopic (exact) mass is 386 g/mol. The number of nitrogens with zero attached hydrogens (tertiary/aromatic N) is 2. The molecule has 9 heteroatoms. The Labute approximate surface area is 159 Å². The van der Waals surface area contributed by atoms with Crippen molar-refractivity contribution in [1.82, 2.24) is 9.97 Å². The SMILES string of the molecule is COc1ccc(NC(=O)c2ccnc(Nc3ccc(F)cc3F)n2)c(OC)c1. The van der Waals surface area contributed by atoms with Crippen LogP contribution in [0.2, 0.25) is 0 Å². The number of ether oxygens (including phenoxy) is 2. The minimum absolute atomic E-state index is 0.0140.